The molecular formula is C15H13BrN2OS. The Hall–Kier alpha value is -1.59. The zero-order chi connectivity index (χ0) is 14.4. The number of hydrogen-bond donors (Lipinski definition) is 1. The summed E-state index contributed by atoms with van der Waals surface area (Å²) in [6.45, 7) is 3.70. The highest BCUT2D eigenvalue weighted by Gasteiger charge is 2.10. The minimum Gasteiger partial charge on any atom is -0.320 e. The van der Waals surface area contributed by atoms with Gasteiger partial charge in [0.2, 0.25) is 0 Å². The Morgan fingerprint density at radius 1 is 1.30 bits per heavy atom. The highest BCUT2D eigenvalue weighted by atomic mass is 79.9. The average Bonchev–Trinajstić information content (AvgIpc) is 2.46. The molecule has 0 aliphatic heterocycles. The summed E-state index contributed by atoms with van der Waals surface area (Å²) in [7, 11) is 0. The Labute approximate surface area is 130 Å². The van der Waals surface area contributed by atoms with Crippen molar-refractivity contribution in [2.75, 3.05) is 11.1 Å². The van der Waals surface area contributed by atoms with Gasteiger partial charge in [0.25, 0.3) is 5.91 Å². The van der Waals surface area contributed by atoms with Crippen molar-refractivity contribution in [3.63, 3.8) is 0 Å². The van der Waals surface area contributed by atoms with Gasteiger partial charge in [-0.3, -0.25) is 4.79 Å². The zero-order valence-electron chi connectivity index (χ0n) is 10.7. The van der Waals surface area contributed by atoms with E-state index in [2.05, 4.69) is 32.8 Å². The van der Waals surface area contributed by atoms with Crippen LogP contribution >= 0.6 is 27.7 Å². The third kappa shape index (κ3) is 3.95. The molecule has 1 heterocycles. The number of para-hydroxylation sites is 1. The smallest absolute Gasteiger partial charge is 0.274 e. The molecule has 0 saturated heterocycles. The molecular weight excluding hydrogens is 336 g/mol. The molecule has 1 aromatic heterocycles. The van der Waals surface area contributed by atoms with Gasteiger partial charge in [0, 0.05) is 10.6 Å². The van der Waals surface area contributed by atoms with Gasteiger partial charge < -0.3 is 5.32 Å². The van der Waals surface area contributed by atoms with Gasteiger partial charge in [-0.15, -0.1) is 18.3 Å². The Bertz CT molecular complexity index is 631. The van der Waals surface area contributed by atoms with Crippen LogP contribution in [0.2, 0.25) is 0 Å². The number of nitrogens with one attached hydrogen (secondary N) is 1. The van der Waals surface area contributed by atoms with Crippen molar-refractivity contribution in [3.8, 4) is 0 Å². The van der Waals surface area contributed by atoms with Crippen LogP contribution in [0.25, 0.3) is 0 Å². The second-order valence-electron chi connectivity index (χ2n) is 3.90. The van der Waals surface area contributed by atoms with Crippen LogP contribution in [0.4, 0.5) is 5.69 Å². The Morgan fingerprint density at radius 3 is 2.85 bits per heavy atom. The fourth-order valence-corrected chi connectivity index (χ4v) is 2.66. The first-order chi connectivity index (χ1) is 9.70. The number of halogens is 1. The van der Waals surface area contributed by atoms with Crippen molar-refractivity contribution >= 4 is 39.3 Å². The van der Waals surface area contributed by atoms with Crippen molar-refractivity contribution in [3.05, 3.63) is 65.4 Å². The number of carbonyl (C=O) groups excluding carboxylic acids is 1. The number of hydrogen-bond acceptors (Lipinski definition) is 3. The molecule has 102 valence electrons. The van der Waals surface area contributed by atoms with Crippen molar-refractivity contribution in [1.29, 1.82) is 0 Å². The van der Waals surface area contributed by atoms with E-state index in [9.17, 15) is 4.79 Å². The van der Waals surface area contributed by atoms with Gasteiger partial charge in [0.15, 0.2) is 0 Å². The number of pyridine rings is 1. The molecule has 0 bridgehead atoms. The first-order valence-electron chi connectivity index (χ1n) is 5.97. The molecule has 0 aliphatic rings. The summed E-state index contributed by atoms with van der Waals surface area (Å²) < 4.78 is 0.638. The molecule has 0 saturated carbocycles. The Balaban J connectivity index is 2.17. The van der Waals surface area contributed by atoms with Crippen LogP contribution in [0.15, 0.2) is 64.6 Å². The van der Waals surface area contributed by atoms with Crippen LogP contribution in [0.1, 0.15) is 10.5 Å². The van der Waals surface area contributed by atoms with Gasteiger partial charge >= 0.3 is 0 Å². The van der Waals surface area contributed by atoms with Gasteiger partial charge in [-0.05, 0) is 40.2 Å². The molecule has 20 heavy (non-hydrogen) atoms. The molecule has 5 heteroatoms. The summed E-state index contributed by atoms with van der Waals surface area (Å²) in [5.41, 5.74) is 1.16. The number of nitrogens with zero attached hydrogens (tertiary/aromatic N) is 1. The summed E-state index contributed by atoms with van der Waals surface area (Å²) in [5, 5.41) is 2.89. The Morgan fingerprint density at radius 2 is 2.10 bits per heavy atom. The van der Waals surface area contributed by atoms with E-state index in [-0.39, 0.29) is 5.91 Å². The van der Waals surface area contributed by atoms with E-state index in [4.69, 9.17) is 0 Å². The zero-order valence-corrected chi connectivity index (χ0v) is 13.1. The quantitative estimate of drug-likeness (QED) is 0.495. The number of thioether (sulfide) groups is 1. The van der Waals surface area contributed by atoms with Crippen molar-refractivity contribution in [2.24, 2.45) is 0 Å². The van der Waals surface area contributed by atoms with E-state index in [0.29, 0.717) is 10.3 Å². The minimum atomic E-state index is -0.224. The van der Waals surface area contributed by atoms with Crippen molar-refractivity contribution < 1.29 is 4.79 Å². The predicted octanol–water partition coefficient (Wildman–Crippen LogP) is 4.37. The molecule has 0 aliphatic carbocycles. The van der Waals surface area contributed by atoms with E-state index in [1.165, 1.54) is 0 Å². The summed E-state index contributed by atoms with van der Waals surface area (Å²) >= 11 is 4.88. The summed E-state index contributed by atoms with van der Waals surface area (Å²) in [5.74, 6) is 0.570. The molecule has 0 atom stereocenters. The van der Waals surface area contributed by atoms with Gasteiger partial charge in [0.05, 0.1) is 5.69 Å². The second kappa shape index (κ2) is 7.26. The van der Waals surface area contributed by atoms with Crippen LogP contribution < -0.4 is 5.32 Å². The largest absolute Gasteiger partial charge is 0.320 e. The van der Waals surface area contributed by atoms with Gasteiger partial charge in [0.1, 0.15) is 10.3 Å². The predicted molar refractivity (Wildman–Crippen MR) is 87.3 cm³/mol. The lowest BCUT2D eigenvalue weighted by Crippen LogP contribution is -2.14. The van der Waals surface area contributed by atoms with E-state index in [1.807, 2.05) is 30.3 Å². The third-order valence-corrected chi connectivity index (χ3v) is 3.95. The van der Waals surface area contributed by atoms with Crippen molar-refractivity contribution in [2.45, 2.75) is 4.90 Å². The Kier molecular flexibility index (Phi) is 5.38. The van der Waals surface area contributed by atoms with Gasteiger partial charge in [-0.25, -0.2) is 4.98 Å². The minimum absolute atomic E-state index is 0.224. The maximum atomic E-state index is 12.2. The number of carbonyl (C=O) groups is 1. The third-order valence-electron chi connectivity index (χ3n) is 2.44. The number of aromatic nitrogens is 1. The van der Waals surface area contributed by atoms with Gasteiger partial charge in [-0.1, -0.05) is 24.3 Å². The lowest BCUT2D eigenvalue weighted by Gasteiger charge is -2.09. The maximum absolute atomic E-state index is 12.2. The standard InChI is InChI=1S/C15H13BrN2OS/c1-2-10-20-13-8-4-3-6-11(13)18-15(19)12-7-5-9-14(16)17-12/h2-9H,1,10H2,(H,18,19). The fraction of sp³-hybridized carbons (Fsp3) is 0.0667. The van der Waals surface area contributed by atoms with Crippen LogP contribution in [0, 0.1) is 0 Å². The molecule has 2 rings (SSSR count). The van der Waals surface area contributed by atoms with Crippen LogP contribution in [-0.4, -0.2) is 16.6 Å². The average molecular weight is 349 g/mol. The monoisotopic (exact) mass is 348 g/mol. The van der Waals surface area contributed by atoms with Crippen LogP contribution in [0.5, 0.6) is 0 Å². The normalized spacial score (nSPS) is 10.1. The molecule has 0 radical (unpaired) electrons. The highest BCUT2D eigenvalue weighted by Crippen LogP contribution is 2.27. The van der Waals surface area contributed by atoms with Gasteiger partial charge in [-0.2, -0.15) is 0 Å². The number of amides is 1. The molecule has 0 spiro atoms. The summed E-state index contributed by atoms with van der Waals surface area (Å²) in [6, 6.07) is 12.9. The lowest BCUT2D eigenvalue weighted by molar-refractivity contribution is 0.102. The number of benzene rings is 1. The van der Waals surface area contributed by atoms with E-state index >= 15 is 0 Å². The van der Waals surface area contributed by atoms with Crippen LogP contribution in [-0.2, 0) is 0 Å². The summed E-state index contributed by atoms with van der Waals surface area (Å²) in [6.07, 6.45) is 1.83. The molecule has 0 unspecified atom stereocenters. The molecule has 3 nitrogen and oxygen atoms in total. The molecule has 1 aromatic carbocycles. The first-order valence-corrected chi connectivity index (χ1v) is 7.75. The molecule has 2 aromatic rings. The SMILES string of the molecule is C=CCSc1ccccc1NC(=O)c1cccc(Br)n1. The highest BCUT2D eigenvalue weighted by molar-refractivity contribution is 9.10. The maximum Gasteiger partial charge on any atom is 0.274 e. The van der Waals surface area contributed by atoms with Crippen molar-refractivity contribution in [1.82, 2.24) is 4.98 Å². The first kappa shape index (κ1) is 14.8. The molecule has 1 N–H and O–H groups in total. The van der Waals surface area contributed by atoms with Crippen LogP contribution in [0.3, 0.4) is 0 Å². The lowest BCUT2D eigenvalue weighted by atomic mass is 10.3. The molecule has 1 amide bonds. The number of anilines is 1. The topological polar surface area (TPSA) is 42.0 Å². The number of rotatable bonds is 5. The fourth-order valence-electron chi connectivity index (χ4n) is 1.57. The van der Waals surface area contributed by atoms with E-state index in [1.54, 1.807) is 30.0 Å². The van der Waals surface area contributed by atoms with E-state index in [0.717, 1.165) is 16.3 Å². The second-order valence-corrected chi connectivity index (χ2v) is 5.77. The molecule has 0 fully saturated rings. The van der Waals surface area contributed by atoms with E-state index < -0.39 is 0 Å². The summed E-state index contributed by atoms with van der Waals surface area (Å²) in [4.78, 5) is 17.3.